The first-order valence-electron chi connectivity index (χ1n) is 12.2. The molecule has 1 N–H and O–H groups in total. The van der Waals surface area contributed by atoms with E-state index in [-0.39, 0.29) is 11.7 Å². The van der Waals surface area contributed by atoms with Gasteiger partial charge in [-0.15, -0.1) is 0 Å². The number of hydrogen-bond acceptors (Lipinski definition) is 4. The molecule has 0 radical (unpaired) electrons. The van der Waals surface area contributed by atoms with Gasteiger partial charge in [0, 0.05) is 36.0 Å². The van der Waals surface area contributed by atoms with E-state index in [1.54, 1.807) is 11.0 Å². The number of halogens is 1. The first kappa shape index (κ1) is 23.2. The van der Waals surface area contributed by atoms with E-state index in [4.69, 9.17) is 4.98 Å². The average molecular weight is 452 g/mol. The zero-order valence-electron chi connectivity index (χ0n) is 20.1. The summed E-state index contributed by atoms with van der Waals surface area (Å²) >= 11 is 0. The van der Waals surface area contributed by atoms with Crippen molar-refractivity contribution in [2.45, 2.75) is 85.5 Å². The second-order valence-corrected chi connectivity index (χ2v) is 8.84. The van der Waals surface area contributed by atoms with Gasteiger partial charge in [-0.1, -0.05) is 39.7 Å². The number of fused-ring (bicyclic) bond motifs is 2. The maximum Gasteiger partial charge on any atom is 0.254 e. The maximum absolute atomic E-state index is 13.8. The second kappa shape index (κ2) is 9.89. The van der Waals surface area contributed by atoms with Crippen molar-refractivity contribution in [3.63, 3.8) is 0 Å². The van der Waals surface area contributed by atoms with E-state index in [1.165, 1.54) is 12.1 Å². The van der Waals surface area contributed by atoms with Crippen LogP contribution in [-0.2, 0) is 26.1 Å². The molecule has 0 atom stereocenters. The van der Waals surface area contributed by atoms with Gasteiger partial charge in [0.15, 0.2) is 5.65 Å². The Bertz CT molecular complexity index is 1150. The monoisotopic (exact) mass is 451 g/mol. The van der Waals surface area contributed by atoms with Crippen LogP contribution in [0.5, 0.6) is 0 Å². The first-order chi connectivity index (χ1) is 16.0. The number of pyridine rings is 1. The Hall–Kier alpha value is -2.96. The summed E-state index contributed by atoms with van der Waals surface area (Å²) in [6.07, 6.45) is 7.00. The molecule has 0 spiro atoms. The number of rotatable bonds is 10. The molecule has 0 aliphatic carbocycles. The molecule has 0 saturated carbocycles. The fraction of sp³-hybridized carbons (Fsp3) is 0.500. The summed E-state index contributed by atoms with van der Waals surface area (Å²) in [7, 11) is 0. The number of anilines is 1. The Kier molecular flexibility index (Phi) is 6.96. The number of hydrogen-bond donors (Lipinski definition) is 1. The lowest BCUT2D eigenvalue weighted by Crippen LogP contribution is -2.27. The maximum atomic E-state index is 13.8. The van der Waals surface area contributed by atoms with Crippen molar-refractivity contribution in [1.82, 2.24) is 19.7 Å². The van der Waals surface area contributed by atoms with Gasteiger partial charge in [-0.25, -0.2) is 14.1 Å². The molecule has 2 aromatic heterocycles. The second-order valence-electron chi connectivity index (χ2n) is 8.84. The molecule has 0 bridgehead atoms. The molecule has 7 heteroatoms. The first-order valence-corrected chi connectivity index (χ1v) is 12.2. The lowest BCUT2D eigenvalue weighted by atomic mass is 10.0. The number of nitrogens with zero attached hydrogens (tertiary/aromatic N) is 4. The van der Waals surface area contributed by atoms with Crippen LogP contribution >= 0.6 is 0 Å². The molecule has 0 saturated heterocycles. The number of amides is 1. The molecule has 3 aromatic rings. The lowest BCUT2D eigenvalue weighted by Gasteiger charge is -2.25. The van der Waals surface area contributed by atoms with Gasteiger partial charge in [0.25, 0.3) is 5.91 Å². The zero-order chi connectivity index (χ0) is 23.5. The summed E-state index contributed by atoms with van der Waals surface area (Å²) in [6, 6.07) is 4.84. The van der Waals surface area contributed by atoms with Crippen LogP contribution in [0.1, 0.15) is 80.6 Å². The minimum Gasteiger partial charge on any atom is -0.381 e. The number of benzene rings is 1. The normalized spacial score (nSPS) is 13.4. The molecular weight excluding hydrogens is 417 g/mol. The quantitative estimate of drug-likeness (QED) is 0.430. The van der Waals surface area contributed by atoms with Gasteiger partial charge in [-0.05, 0) is 43.9 Å². The predicted molar refractivity (Wildman–Crippen MR) is 130 cm³/mol. The van der Waals surface area contributed by atoms with Crippen LogP contribution < -0.4 is 5.32 Å². The van der Waals surface area contributed by atoms with E-state index >= 15 is 0 Å². The van der Waals surface area contributed by atoms with E-state index in [9.17, 15) is 9.18 Å². The van der Waals surface area contributed by atoms with E-state index < -0.39 is 0 Å². The Morgan fingerprint density at radius 1 is 1.15 bits per heavy atom. The standard InChI is InChI=1S/C26H34FN5O/c1-5-9-19(10-6-2)29-24-21-14-28-32(8-4)25(21)30-23(7-3)22(24)16-31-15-17-11-12-18(27)13-20(17)26(31)33/h11-14,19H,5-10,15-16H2,1-4H3,(H,29,30). The summed E-state index contributed by atoms with van der Waals surface area (Å²) in [5.74, 6) is -0.502. The minimum absolute atomic E-state index is 0.125. The molecule has 0 fully saturated rings. The third-order valence-electron chi connectivity index (χ3n) is 6.53. The van der Waals surface area contributed by atoms with Crippen molar-refractivity contribution in [2.75, 3.05) is 5.32 Å². The predicted octanol–water partition coefficient (Wildman–Crippen LogP) is 5.69. The number of carbonyl (C=O) groups is 1. The fourth-order valence-corrected chi connectivity index (χ4v) is 4.88. The van der Waals surface area contributed by atoms with E-state index in [0.717, 1.165) is 72.2 Å². The molecule has 4 rings (SSSR count). The molecule has 176 valence electrons. The van der Waals surface area contributed by atoms with E-state index in [0.29, 0.717) is 24.7 Å². The van der Waals surface area contributed by atoms with E-state index in [1.807, 2.05) is 10.9 Å². The number of carbonyl (C=O) groups excluding carboxylic acids is 1. The van der Waals surface area contributed by atoms with Gasteiger partial charge in [-0.3, -0.25) is 4.79 Å². The van der Waals surface area contributed by atoms with Gasteiger partial charge in [-0.2, -0.15) is 5.10 Å². The van der Waals surface area contributed by atoms with Crippen LogP contribution in [-0.4, -0.2) is 31.6 Å². The SMILES string of the molecule is CCCC(CCC)Nc1c(CN2Cc3ccc(F)cc3C2=O)c(CC)nc2c1cnn2CC. The topological polar surface area (TPSA) is 63.1 Å². The molecule has 0 unspecified atom stereocenters. The number of nitrogens with one attached hydrogen (secondary N) is 1. The highest BCUT2D eigenvalue weighted by molar-refractivity contribution is 5.98. The van der Waals surface area contributed by atoms with Crippen LogP contribution in [0, 0.1) is 5.82 Å². The average Bonchev–Trinajstić information content (AvgIpc) is 3.36. The van der Waals surface area contributed by atoms with Crippen LogP contribution in [0.4, 0.5) is 10.1 Å². The van der Waals surface area contributed by atoms with Crippen molar-refractivity contribution >= 4 is 22.6 Å². The van der Waals surface area contributed by atoms with Gasteiger partial charge >= 0.3 is 0 Å². The van der Waals surface area contributed by atoms with Gasteiger partial charge in [0.2, 0.25) is 0 Å². The van der Waals surface area contributed by atoms with Crippen molar-refractivity contribution in [2.24, 2.45) is 0 Å². The Labute approximate surface area is 195 Å². The summed E-state index contributed by atoms with van der Waals surface area (Å²) < 4.78 is 15.7. The number of aryl methyl sites for hydroxylation is 2. The fourth-order valence-electron chi connectivity index (χ4n) is 4.88. The van der Waals surface area contributed by atoms with Crippen LogP contribution in [0.3, 0.4) is 0 Å². The highest BCUT2D eigenvalue weighted by Crippen LogP contribution is 2.34. The summed E-state index contributed by atoms with van der Waals surface area (Å²) in [6.45, 7) is 10.2. The molecule has 1 aliphatic rings. The highest BCUT2D eigenvalue weighted by atomic mass is 19.1. The molecule has 1 aromatic carbocycles. The minimum atomic E-state index is -0.377. The Morgan fingerprint density at radius 2 is 1.91 bits per heavy atom. The number of aromatic nitrogens is 3. The highest BCUT2D eigenvalue weighted by Gasteiger charge is 2.30. The third-order valence-corrected chi connectivity index (χ3v) is 6.53. The van der Waals surface area contributed by atoms with Crippen molar-refractivity contribution in [1.29, 1.82) is 0 Å². The molecule has 3 heterocycles. The molecular formula is C26H34FN5O. The van der Waals surface area contributed by atoms with Gasteiger partial charge in [0.05, 0.1) is 23.8 Å². The van der Waals surface area contributed by atoms with Gasteiger partial charge < -0.3 is 10.2 Å². The Morgan fingerprint density at radius 3 is 2.58 bits per heavy atom. The third kappa shape index (κ3) is 4.45. The molecule has 33 heavy (non-hydrogen) atoms. The van der Waals surface area contributed by atoms with Crippen molar-refractivity contribution in [3.8, 4) is 0 Å². The van der Waals surface area contributed by atoms with E-state index in [2.05, 4.69) is 38.1 Å². The van der Waals surface area contributed by atoms with Crippen LogP contribution in [0.15, 0.2) is 24.4 Å². The Balaban J connectivity index is 1.78. The summed E-state index contributed by atoms with van der Waals surface area (Å²) in [4.78, 5) is 19.9. The van der Waals surface area contributed by atoms with Crippen LogP contribution in [0.25, 0.3) is 11.0 Å². The molecule has 1 amide bonds. The summed E-state index contributed by atoms with van der Waals surface area (Å²) in [5.41, 5.74) is 5.27. The zero-order valence-corrected chi connectivity index (χ0v) is 20.1. The van der Waals surface area contributed by atoms with Crippen molar-refractivity contribution < 1.29 is 9.18 Å². The molecule has 1 aliphatic heterocycles. The molecule has 6 nitrogen and oxygen atoms in total. The smallest absolute Gasteiger partial charge is 0.254 e. The van der Waals surface area contributed by atoms with Crippen molar-refractivity contribution in [3.05, 3.63) is 52.6 Å². The van der Waals surface area contributed by atoms with Crippen LogP contribution in [0.2, 0.25) is 0 Å². The lowest BCUT2D eigenvalue weighted by molar-refractivity contribution is 0.0766. The largest absolute Gasteiger partial charge is 0.381 e. The summed E-state index contributed by atoms with van der Waals surface area (Å²) in [5, 5.41) is 9.40. The van der Waals surface area contributed by atoms with Gasteiger partial charge in [0.1, 0.15) is 5.82 Å².